The number of amides is 3. The summed E-state index contributed by atoms with van der Waals surface area (Å²) >= 11 is 0. The van der Waals surface area contributed by atoms with Crippen molar-refractivity contribution in [2.75, 3.05) is 31.4 Å². The van der Waals surface area contributed by atoms with E-state index in [-0.39, 0.29) is 16.9 Å². The Hall–Kier alpha value is -4.64. The van der Waals surface area contributed by atoms with Crippen LogP contribution in [0.5, 0.6) is 5.75 Å². The van der Waals surface area contributed by atoms with Crippen molar-refractivity contribution in [2.45, 2.75) is 0 Å². The maximum atomic E-state index is 14.7. The van der Waals surface area contributed by atoms with Crippen LogP contribution in [-0.4, -0.2) is 44.4 Å². The van der Waals surface area contributed by atoms with Crippen LogP contribution in [0.2, 0.25) is 0 Å². The van der Waals surface area contributed by atoms with Crippen LogP contribution in [0.4, 0.5) is 20.6 Å². The number of hydrogen-bond donors (Lipinski definition) is 1. The number of imide groups is 1. The van der Waals surface area contributed by atoms with Crippen LogP contribution >= 0.6 is 0 Å². The first-order valence-corrected chi connectivity index (χ1v) is 10.2. The van der Waals surface area contributed by atoms with Crippen LogP contribution in [0.1, 0.15) is 21.5 Å². The number of carbonyl (C=O) groups excluding carboxylic acids is 2. The Morgan fingerprint density at radius 2 is 1.82 bits per heavy atom. The second-order valence-corrected chi connectivity index (χ2v) is 7.32. The summed E-state index contributed by atoms with van der Waals surface area (Å²) in [5.41, 5.74) is 1.48. The van der Waals surface area contributed by atoms with Gasteiger partial charge in [-0.3, -0.25) is 4.79 Å². The molecule has 8 heteroatoms. The van der Waals surface area contributed by atoms with Crippen molar-refractivity contribution in [2.24, 2.45) is 5.10 Å². The fraction of sp³-hybridized carbons (Fsp3) is 0.115. The number of nitrogens with zero attached hydrogens (tertiary/aromatic N) is 3. The van der Waals surface area contributed by atoms with Crippen LogP contribution in [0.25, 0.3) is 0 Å². The van der Waals surface area contributed by atoms with Crippen molar-refractivity contribution >= 4 is 29.5 Å². The molecule has 172 valence electrons. The Labute approximate surface area is 197 Å². The van der Waals surface area contributed by atoms with Gasteiger partial charge in [0, 0.05) is 25.2 Å². The van der Waals surface area contributed by atoms with Gasteiger partial charge in [-0.15, -0.1) is 6.42 Å². The highest BCUT2D eigenvalue weighted by atomic mass is 19.1. The number of hydrogen-bond acceptors (Lipinski definition) is 5. The zero-order chi connectivity index (χ0) is 24.7. The van der Waals surface area contributed by atoms with Gasteiger partial charge in [0.15, 0.2) is 0 Å². The number of nitrogens with one attached hydrogen (secondary N) is 1. The number of hydrazone groups is 1. The molecule has 3 aromatic rings. The monoisotopic (exact) mass is 458 g/mol. The van der Waals surface area contributed by atoms with Gasteiger partial charge in [-0.2, -0.15) is 5.10 Å². The highest BCUT2D eigenvalue weighted by Gasteiger charge is 2.26. The van der Waals surface area contributed by atoms with E-state index in [1.165, 1.54) is 31.5 Å². The predicted octanol–water partition coefficient (Wildman–Crippen LogP) is 4.59. The average Bonchev–Trinajstić information content (AvgIpc) is 2.84. The van der Waals surface area contributed by atoms with Gasteiger partial charge in [0.05, 0.1) is 24.7 Å². The molecule has 3 rings (SSSR count). The van der Waals surface area contributed by atoms with E-state index in [9.17, 15) is 14.0 Å². The second kappa shape index (κ2) is 10.8. The summed E-state index contributed by atoms with van der Waals surface area (Å²) in [4.78, 5) is 27.5. The lowest BCUT2D eigenvalue weighted by Crippen LogP contribution is -2.40. The molecule has 0 aliphatic heterocycles. The number of urea groups is 1. The van der Waals surface area contributed by atoms with Gasteiger partial charge in [0.2, 0.25) is 0 Å². The van der Waals surface area contributed by atoms with Crippen LogP contribution in [0.3, 0.4) is 0 Å². The Balaban J connectivity index is 1.95. The molecule has 0 heterocycles. The van der Waals surface area contributed by atoms with Crippen LogP contribution in [0.15, 0.2) is 71.8 Å². The summed E-state index contributed by atoms with van der Waals surface area (Å²) in [5, 5.41) is 8.10. The number of halogens is 1. The van der Waals surface area contributed by atoms with Gasteiger partial charge in [-0.1, -0.05) is 18.1 Å². The lowest BCUT2D eigenvalue weighted by Gasteiger charge is -2.22. The highest BCUT2D eigenvalue weighted by Crippen LogP contribution is 2.23. The molecule has 0 saturated heterocycles. The summed E-state index contributed by atoms with van der Waals surface area (Å²) in [6.07, 6.45) is 6.90. The van der Waals surface area contributed by atoms with Gasteiger partial charge >= 0.3 is 6.03 Å². The molecule has 34 heavy (non-hydrogen) atoms. The number of rotatable bonds is 6. The van der Waals surface area contributed by atoms with E-state index >= 15 is 0 Å². The second-order valence-electron chi connectivity index (χ2n) is 7.32. The molecule has 0 aliphatic carbocycles. The smallest absolute Gasteiger partial charge is 0.333 e. The molecule has 0 spiro atoms. The van der Waals surface area contributed by atoms with Gasteiger partial charge < -0.3 is 15.1 Å². The summed E-state index contributed by atoms with van der Waals surface area (Å²) in [6.45, 7) is 0. The molecule has 0 fully saturated rings. The molecule has 0 unspecified atom stereocenters. The fourth-order valence-corrected chi connectivity index (χ4v) is 2.98. The molecule has 3 aromatic carbocycles. The highest BCUT2D eigenvalue weighted by molar-refractivity contribution is 6.23. The zero-order valence-electron chi connectivity index (χ0n) is 18.9. The standard InChI is InChI=1S/C26H23FN4O3/c1-5-18-9-12-21(13-10-18)31(25(32)20-7-6-8-22(16-20)34-4)26(33)29-24-14-11-19(15-23(24)27)17-28-30(2)3/h1,6-17H,2-4H3,(H,29,33). The molecule has 0 aromatic heterocycles. The van der Waals surface area contributed by atoms with Gasteiger partial charge in [-0.25, -0.2) is 14.1 Å². The SMILES string of the molecule is C#Cc1ccc(N(C(=O)Nc2ccc(C=NN(C)C)cc2F)C(=O)c2cccc(OC)c2)cc1. The van der Waals surface area contributed by atoms with E-state index in [1.807, 2.05) is 0 Å². The first-order valence-electron chi connectivity index (χ1n) is 10.2. The van der Waals surface area contributed by atoms with Crippen molar-refractivity contribution < 1.29 is 18.7 Å². The third-order valence-corrected chi connectivity index (χ3v) is 4.69. The molecule has 0 bridgehead atoms. The Morgan fingerprint density at radius 3 is 2.44 bits per heavy atom. The molecule has 0 saturated carbocycles. The number of carbonyl (C=O) groups is 2. The Kier molecular flexibility index (Phi) is 7.62. The minimum atomic E-state index is -0.838. The first kappa shape index (κ1) is 24.0. The molecule has 0 radical (unpaired) electrons. The predicted molar refractivity (Wildman–Crippen MR) is 131 cm³/mol. The van der Waals surface area contributed by atoms with Crippen molar-refractivity contribution in [1.82, 2.24) is 5.01 Å². The van der Waals surface area contributed by atoms with E-state index in [4.69, 9.17) is 11.2 Å². The number of benzene rings is 3. The molecule has 0 aliphatic rings. The van der Waals surface area contributed by atoms with Crippen LogP contribution < -0.4 is 15.0 Å². The summed E-state index contributed by atoms with van der Waals surface area (Å²) in [5.74, 6) is 1.64. The van der Waals surface area contributed by atoms with Crippen LogP contribution in [-0.2, 0) is 0 Å². The minimum absolute atomic E-state index is 0.0873. The Bertz CT molecular complexity index is 1260. The average molecular weight is 458 g/mol. The molecule has 0 atom stereocenters. The largest absolute Gasteiger partial charge is 0.497 e. The molecule has 7 nitrogen and oxygen atoms in total. The van der Waals surface area contributed by atoms with E-state index in [0.717, 1.165) is 4.90 Å². The molecule has 1 N–H and O–H groups in total. The summed E-state index contributed by atoms with van der Waals surface area (Å²) in [7, 11) is 4.96. The Morgan fingerprint density at radius 1 is 1.09 bits per heavy atom. The topological polar surface area (TPSA) is 74.2 Å². The van der Waals surface area contributed by atoms with Crippen molar-refractivity contribution in [3.05, 3.63) is 89.2 Å². The minimum Gasteiger partial charge on any atom is -0.497 e. The lowest BCUT2D eigenvalue weighted by atomic mass is 10.1. The van der Waals surface area contributed by atoms with Crippen molar-refractivity contribution in [3.63, 3.8) is 0 Å². The quantitative estimate of drug-likeness (QED) is 0.333. The lowest BCUT2D eigenvalue weighted by molar-refractivity contribution is 0.0995. The summed E-state index contributed by atoms with van der Waals surface area (Å²) < 4.78 is 19.9. The third-order valence-electron chi connectivity index (χ3n) is 4.69. The van der Waals surface area contributed by atoms with Gasteiger partial charge in [0.1, 0.15) is 11.6 Å². The number of methoxy groups -OCH3 is 1. The van der Waals surface area contributed by atoms with E-state index in [1.54, 1.807) is 67.6 Å². The van der Waals surface area contributed by atoms with Crippen LogP contribution in [0, 0.1) is 18.2 Å². The number of ether oxygens (including phenoxy) is 1. The van der Waals surface area contributed by atoms with Crippen molar-refractivity contribution in [3.8, 4) is 18.1 Å². The zero-order valence-corrected chi connectivity index (χ0v) is 18.9. The van der Waals surface area contributed by atoms with Gasteiger partial charge in [-0.05, 0) is 60.2 Å². The molecule has 3 amide bonds. The van der Waals surface area contributed by atoms with E-state index in [0.29, 0.717) is 16.9 Å². The molecular formula is C26H23FN4O3. The fourth-order valence-electron chi connectivity index (χ4n) is 2.98. The number of anilines is 2. The van der Waals surface area contributed by atoms with E-state index in [2.05, 4.69) is 16.3 Å². The summed E-state index contributed by atoms with van der Waals surface area (Å²) in [6, 6.07) is 16.1. The maximum Gasteiger partial charge on any atom is 0.333 e. The molecular weight excluding hydrogens is 435 g/mol. The number of terminal acetylenes is 1. The van der Waals surface area contributed by atoms with E-state index < -0.39 is 17.8 Å². The van der Waals surface area contributed by atoms with Gasteiger partial charge in [0.25, 0.3) is 5.91 Å². The third kappa shape index (κ3) is 5.78. The maximum absolute atomic E-state index is 14.7. The van der Waals surface area contributed by atoms with Crippen molar-refractivity contribution in [1.29, 1.82) is 0 Å². The first-order chi connectivity index (χ1) is 16.3. The normalized spacial score (nSPS) is 10.4.